The van der Waals surface area contributed by atoms with E-state index in [9.17, 15) is 9.90 Å². The van der Waals surface area contributed by atoms with Gasteiger partial charge in [0.05, 0.1) is 12.8 Å². The lowest BCUT2D eigenvalue weighted by Gasteiger charge is -2.07. The van der Waals surface area contributed by atoms with Gasteiger partial charge in [0.15, 0.2) is 11.7 Å². The summed E-state index contributed by atoms with van der Waals surface area (Å²) in [6.45, 7) is 1.79. The van der Waals surface area contributed by atoms with Crippen molar-refractivity contribution in [2.75, 3.05) is 7.11 Å². The van der Waals surface area contributed by atoms with Crippen molar-refractivity contribution in [1.82, 2.24) is 5.16 Å². The smallest absolute Gasteiger partial charge is 0.339 e. The zero-order chi connectivity index (χ0) is 11.7. The molecular weight excluding hydrogens is 210 g/mol. The quantitative estimate of drug-likeness (QED) is 0.775. The lowest BCUT2D eigenvalue weighted by molar-refractivity contribution is -0.150. The van der Waals surface area contributed by atoms with Crippen LogP contribution in [0.3, 0.4) is 0 Å². The molecule has 1 aromatic carbocycles. The number of methoxy groups -OCH3 is 1. The molecular formula is C11H11NO4. The van der Waals surface area contributed by atoms with Crippen LogP contribution in [0.25, 0.3) is 11.0 Å². The maximum Gasteiger partial charge on any atom is 0.339 e. The molecule has 0 fully saturated rings. The van der Waals surface area contributed by atoms with Crippen LogP contribution in [-0.4, -0.2) is 23.3 Å². The van der Waals surface area contributed by atoms with Gasteiger partial charge in [-0.15, -0.1) is 0 Å². The number of hydrogen-bond donors (Lipinski definition) is 1. The third kappa shape index (κ3) is 1.65. The molecule has 0 aliphatic heterocycles. The minimum atomic E-state index is -1.27. The number of carbonyl (C=O) groups excluding carboxylic acids is 1. The zero-order valence-electron chi connectivity index (χ0n) is 8.93. The van der Waals surface area contributed by atoms with Crippen LogP contribution in [0.1, 0.15) is 17.4 Å². The monoisotopic (exact) mass is 221 g/mol. The van der Waals surface area contributed by atoms with Crippen molar-refractivity contribution in [2.24, 2.45) is 0 Å². The highest BCUT2D eigenvalue weighted by Gasteiger charge is 2.19. The molecule has 5 heteroatoms. The van der Waals surface area contributed by atoms with Crippen molar-refractivity contribution in [3.05, 3.63) is 29.5 Å². The summed E-state index contributed by atoms with van der Waals surface area (Å²) in [6.07, 6.45) is -1.27. The maximum atomic E-state index is 11.2. The Hall–Kier alpha value is -1.88. The number of nitrogens with zero attached hydrogens (tertiary/aromatic N) is 1. The van der Waals surface area contributed by atoms with E-state index < -0.39 is 12.1 Å². The van der Waals surface area contributed by atoms with E-state index >= 15 is 0 Å². The minimum absolute atomic E-state index is 0.464. The first-order valence-electron chi connectivity index (χ1n) is 4.75. The van der Waals surface area contributed by atoms with Gasteiger partial charge in [-0.25, -0.2) is 4.79 Å². The minimum Gasteiger partial charge on any atom is -0.467 e. The average Bonchev–Trinajstić information content (AvgIpc) is 2.68. The lowest BCUT2D eigenvalue weighted by atomic mass is 10.1. The van der Waals surface area contributed by atoms with Crippen molar-refractivity contribution in [1.29, 1.82) is 0 Å². The summed E-state index contributed by atoms with van der Waals surface area (Å²) in [4.78, 5) is 11.2. The van der Waals surface area contributed by atoms with Crippen LogP contribution in [0, 0.1) is 6.92 Å². The van der Waals surface area contributed by atoms with Crippen LogP contribution in [0.5, 0.6) is 0 Å². The fraction of sp³-hybridized carbons (Fsp3) is 0.273. The number of fused-ring (bicyclic) bond motifs is 1. The molecule has 2 rings (SSSR count). The average molecular weight is 221 g/mol. The number of esters is 1. The van der Waals surface area contributed by atoms with E-state index in [4.69, 9.17) is 4.52 Å². The number of hydrogen-bond acceptors (Lipinski definition) is 5. The van der Waals surface area contributed by atoms with E-state index in [1.165, 1.54) is 7.11 Å². The standard InChI is InChI=1S/C11H11NO4/c1-6-8-5-7(10(13)11(14)15-2)3-4-9(8)16-12-6/h3-5,10,13H,1-2H3. The predicted molar refractivity (Wildman–Crippen MR) is 55.7 cm³/mol. The van der Waals surface area contributed by atoms with Gasteiger partial charge in [0, 0.05) is 5.39 Å². The Balaban J connectivity index is 2.45. The summed E-state index contributed by atoms with van der Waals surface area (Å²) in [5, 5.41) is 14.2. The van der Waals surface area contributed by atoms with Crippen molar-refractivity contribution in [2.45, 2.75) is 13.0 Å². The summed E-state index contributed by atoms with van der Waals surface area (Å²) < 4.78 is 9.48. The number of rotatable bonds is 2. The number of benzene rings is 1. The number of aliphatic hydroxyl groups is 1. The second-order valence-corrected chi connectivity index (χ2v) is 3.45. The van der Waals surface area contributed by atoms with Crippen LogP contribution in [0.2, 0.25) is 0 Å². The maximum absolute atomic E-state index is 11.2. The molecule has 0 amide bonds. The molecule has 0 saturated carbocycles. The molecule has 0 aliphatic rings. The summed E-state index contributed by atoms with van der Waals surface area (Å²) in [6, 6.07) is 4.94. The Morgan fingerprint density at radius 1 is 1.56 bits per heavy atom. The third-order valence-corrected chi connectivity index (χ3v) is 2.41. The van der Waals surface area contributed by atoms with Gasteiger partial charge < -0.3 is 14.4 Å². The lowest BCUT2D eigenvalue weighted by Crippen LogP contribution is -2.13. The van der Waals surface area contributed by atoms with Gasteiger partial charge in [-0.3, -0.25) is 0 Å². The molecule has 0 saturated heterocycles. The second-order valence-electron chi connectivity index (χ2n) is 3.45. The Bertz CT molecular complexity index is 532. The van der Waals surface area contributed by atoms with Gasteiger partial charge in [-0.05, 0) is 24.6 Å². The first kappa shape index (κ1) is 10.6. The first-order valence-corrected chi connectivity index (χ1v) is 4.75. The van der Waals surface area contributed by atoms with E-state index in [-0.39, 0.29) is 0 Å². The number of ether oxygens (including phenoxy) is 1. The fourth-order valence-corrected chi connectivity index (χ4v) is 1.49. The Kier molecular flexibility index (Phi) is 2.62. The highest BCUT2D eigenvalue weighted by atomic mass is 16.5. The number of carbonyl (C=O) groups is 1. The van der Waals surface area contributed by atoms with Crippen molar-refractivity contribution >= 4 is 16.9 Å². The van der Waals surface area contributed by atoms with E-state index in [0.29, 0.717) is 16.8 Å². The van der Waals surface area contributed by atoms with Crippen molar-refractivity contribution in [3.8, 4) is 0 Å². The first-order chi connectivity index (χ1) is 7.63. The summed E-state index contributed by atoms with van der Waals surface area (Å²) in [7, 11) is 1.23. The molecule has 0 aliphatic carbocycles. The second kappa shape index (κ2) is 3.94. The predicted octanol–water partition coefficient (Wildman–Crippen LogP) is 1.34. The SMILES string of the molecule is COC(=O)C(O)c1ccc2onc(C)c2c1. The van der Waals surface area contributed by atoms with E-state index in [1.54, 1.807) is 25.1 Å². The molecule has 0 radical (unpaired) electrons. The Morgan fingerprint density at radius 3 is 3.00 bits per heavy atom. The van der Waals surface area contributed by atoms with Gasteiger partial charge in [-0.2, -0.15) is 0 Å². The molecule has 1 heterocycles. The van der Waals surface area contributed by atoms with Gasteiger partial charge in [0.25, 0.3) is 0 Å². The molecule has 2 aromatic rings. The Labute approximate surface area is 91.6 Å². The van der Waals surface area contributed by atoms with Crippen LogP contribution < -0.4 is 0 Å². The highest BCUT2D eigenvalue weighted by Crippen LogP contribution is 2.23. The molecule has 0 spiro atoms. The summed E-state index contributed by atoms with van der Waals surface area (Å²) in [5.74, 6) is -0.687. The summed E-state index contributed by atoms with van der Waals surface area (Å²) >= 11 is 0. The molecule has 84 valence electrons. The van der Waals surface area contributed by atoms with Crippen LogP contribution in [-0.2, 0) is 9.53 Å². The van der Waals surface area contributed by atoms with Gasteiger partial charge in [0.1, 0.15) is 0 Å². The van der Waals surface area contributed by atoms with E-state index in [0.717, 1.165) is 5.39 Å². The van der Waals surface area contributed by atoms with Gasteiger partial charge in [0.2, 0.25) is 0 Å². The van der Waals surface area contributed by atoms with Crippen LogP contribution >= 0.6 is 0 Å². The molecule has 1 N–H and O–H groups in total. The molecule has 16 heavy (non-hydrogen) atoms. The topological polar surface area (TPSA) is 72.6 Å². The van der Waals surface area contributed by atoms with E-state index in [2.05, 4.69) is 9.89 Å². The Morgan fingerprint density at radius 2 is 2.31 bits per heavy atom. The number of aliphatic hydroxyl groups excluding tert-OH is 1. The molecule has 1 atom stereocenters. The fourth-order valence-electron chi connectivity index (χ4n) is 1.49. The number of aromatic nitrogens is 1. The van der Waals surface area contributed by atoms with Gasteiger partial charge in [-0.1, -0.05) is 11.2 Å². The summed E-state index contributed by atoms with van der Waals surface area (Å²) in [5.41, 5.74) is 1.80. The van der Waals surface area contributed by atoms with Gasteiger partial charge >= 0.3 is 5.97 Å². The third-order valence-electron chi connectivity index (χ3n) is 2.41. The van der Waals surface area contributed by atoms with Crippen molar-refractivity contribution in [3.63, 3.8) is 0 Å². The largest absolute Gasteiger partial charge is 0.467 e. The molecule has 0 bridgehead atoms. The highest BCUT2D eigenvalue weighted by molar-refractivity contribution is 5.83. The van der Waals surface area contributed by atoms with Crippen LogP contribution in [0.4, 0.5) is 0 Å². The normalized spacial score (nSPS) is 12.7. The molecule has 1 unspecified atom stereocenters. The van der Waals surface area contributed by atoms with Crippen molar-refractivity contribution < 1.29 is 19.2 Å². The zero-order valence-corrected chi connectivity index (χ0v) is 8.93. The van der Waals surface area contributed by atoms with Crippen LogP contribution in [0.15, 0.2) is 22.7 Å². The molecule has 5 nitrogen and oxygen atoms in total. The number of aryl methyl sites for hydroxylation is 1. The molecule has 1 aromatic heterocycles. The van der Waals surface area contributed by atoms with E-state index in [1.807, 2.05) is 0 Å².